The lowest BCUT2D eigenvalue weighted by atomic mass is 9.97. The minimum Gasteiger partial charge on any atom is -0.484 e. The number of benzene rings is 1. The van der Waals surface area contributed by atoms with Crippen molar-refractivity contribution in [3.63, 3.8) is 0 Å². The van der Waals surface area contributed by atoms with E-state index in [0.29, 0.717) is 11.3 Å². The predicted molar refractivity (Wildman–Crippen MR) is 90.9 cm³/mol. The van der Waals surface area contributed by atoms with E-state index in [-0.39, 0.29) is 18.6 Å². The van der Waals surface area contributed by atoms with Crippen LogP contribution in [0.4, 0.5) is 0 Å². The summed E-state index contributed by atoms with van der Waals surface area (Å²) in [5.41, 5.74) is 5.66. The molecule has 0 saturated carbocycles. The van der Waals surface area contributed by atoms with Crippen molar-refractivity contribution in [2.24, 2.45) is 5.73 Å². The van der Waals surface area contributed by atoms with Crippen LogP contribution in [0.1, 0.15) is 42.5 Å². The lowest BCUT2D eigenvalue weighted by Crippen LogP contribution is -2.43. The van der Waals surface area contributed by atoms with E-state index in [1.54, 1.807) is 31.4 Å². The number of nitrogens with two attached hydrogens (primary N) is 1. The van der Waals surface area contributed by atoms with Crippen LogP contribution in [0.2, 0.25) is 0 Å². The molecule has 1 aliphatic rings. The molecule has 6 heteroatoms. The average Bonchev–Trinajstić information content (AvgIpc) is 2.60. The summed E-state index contributed by atoms with van der Waals surface area (Å²) >= 11 is 0. The molecule has 1 aromatic rings. The number of carbonyl (C=O) groups is 2. The Bertz CT molecular complexity index is 562. The largest absolute Gasteiger partial charge is 0.484 e. The Kier molecular flexibility index (Phi) is 7.06. The van der Waals surface area contributed by atoms with Crippen molar-refractivity contribution in [2.45, 2.75) is 38.1 Å². The summed E-state index contributed by atoms with van der Waals surface area (Å²) in [6.07, 6.45) is 5.13. The van der Waals surface area contributed by atoms with Crippen molar-refractivity contribution in [2.75, 3.05) is 26.9 Å². The first-order valence-electron chi connectivity index (χ1n) is 8.43. The Morgan fingerprint density at radius 1 is 1.33 bits per heavy atom. The highest BCUT2D eigenvalue weighted by Crippen LogP contribution is 2.24. The van der Waals surface area contributed by atoms with Crippen LogP contribution in [0.15, 0.2) is 24.3 Å². The van der Waals surface area contributed by atoms with Gasteiger partial charge in [0.2, 0.25) is 0 Å². The van der Waals surface area contributed by atoms with Gasteiger partial charge in [0.15, 0.2) is 6.61 Å². The first-order valence-corrected chi connectivity index (χ1v) is 8.43. The van der Waals surface area contributed by atoms with E-state index < -0.39 is 5.91 Å². The molecule has 0 spiro atoms. The van der Waals surface area contributed by atoms with E-state index in [4.69, 9.17) is 15.2 Å². The van der Waals surface area contributed by atoms with Gasteiger partial charge in [0.05, 0.1) is 0 Å². The number of ether oxygens (including phenoxy) is 2. The molecule has 0 aliphatic carbocycles. The van der Waals surface area contributed by atoms with Crippen LogP contribution in [-0.2, 0) is 9.53 Å². The number of nitrogens with zero attached hydrogens (tertiary/aromatic N) is 1. The molecular weight excluding hydrogens is 308 g/mol. The van der Waals surface area contributed by atoms with Gasteiger partial charge in [-0.05, 0) is 50.3 Å². The number of primary amides is 1. The second-order valence-corrected chi connectivity index (χ2v) is 6.07. The van der Waals surface area contributed by atoms with E-state index >= 15 is 0 Å². The number of rotatable bonds is 8. The van der Waals surface area contributed by atoms with Gasteiger partial charge in [0.1, 0.15) is 5.75 Å². The SMILES string of the molecule is COCCC[C@H]1CCCCN1C(=O)c1cccc(OCC(N)=O)c1. The first kappa shape index (κ1) is 18.3. The summed E-state index contributed by atoms with van der Waals surface area (Å²) in [6, 6.07) is 7.18. The molecule has 0 unspecified atom stereocenters. The minimum absolute atomic E-state index is 0.0154. The molecule has 6 nitrogen and oxygen atoms in total. The predicted octanol–water partition coefficient (Wildman–Crippen LogP) is 1.97. The van der Waals surface area contributed by atoms with Crippen molar-refractivity contribution in [3.8, 4) is 5.75 Å². The van der Waals surface area contributed by atoms with Crippen LogP contribution in [-0.4, -0.2) is 49.6 Å². The van der Waals surface area contributed by atoms with E-state index in [2.05, 4.69) is 0 Å². The quantitative estimate of drug-likeness (QED) is 0.737. The van der Waals surface area contributed by atoms with E-state index in [0.717, 1.165) is 45.3 Å². The average molecular weight is 334 g/mol. The van der Waals surface area contributed by atoms with E-state index in [1.807, 2.05) is 4.90 Å². The Labute approximate surface area is 142 Å². The zero-order valence-corrected chi connectivity index (χ0v) is 14.2. The third-order valence-electron chi connectivity index (χ3n) is 4.24. The topological polar surface area (TPSA) is 81.9 Å². The molecule has 0 aromatic heterocycles. The molecule has 1 fully saturated rings. The maximum atomic E-state index is 12.9. The molecule has 24 heavy (non-hydrogen) atoms. The number of hydrogen-bond acceptors (Lipinski definition) is 4. The Hall–Kier alpha value is -2.08. The van der Waals surface area contributed by atoms with Crippen molar-refractivity contribution in [1.82, 2.24) is 4.90 Å². The molecule has 1 aromatic carbocycles. The van der Waals surface area contributed by atoms with E-state index in [1.165, 1.54) is 0 Å². The summed E-state index contributed by atoms with van der Waals surface area (Å²) in [7, 11) is 1.70. The van der Waals surface area contributed by atoms with Gasteiger partial charge in [-0.3, -0.25) is 9.59 Å². The van der Waals surface area contributed by atoms with Gasteiger partial charge in [-0.25, -0.2) is 0 Å². The number of amides is 2. The summed E-state index contributed by atoms with van der Waals surface area (Å²) in [5, 5.41) is 0. The second kappa shape index (κ2) is 9.27. The monoisotopic (exact) mass is 334 g/mol. The fourth-order valence-corrected chi connectivity index (χ4v) is 3.07. The summed E-state index contributed by atoms with van der Waals surface area (Å²) in [6.45, 7) is 1.30. The van der Waals surface area contributed by atoms with Gasteiger partial charge in [-0.2, -0.15) is 0 Å². The van der Waals surface area contributed by atoms with Crippen LogP contribution < -0.4 is 10.5 Å². The zero-order chi connectivity index (χ0) is 17.4. The highest BCUT2D eigenvalue weighted by molar-refractivity contribution is 5.95. The molecule has 0 radical (unpaired) electrons. The molecule has 0 bridgehead atoms. The molecule has 2 amide bonds. The summed E-state index contributed by atoms with van der Waals surface area (Å²) in [5.74, 6) is -0.0461. The smallest absolute Gasteiger partial charge is 0.255 e. The third-order valence-corrected chi connectivity index (χ3v) is 4.24. The number of hydrogen-bond donors (Lipinski definition) is 1. The number of likely N-dealkylation sites (tertiary alicyclic amines) is 1. The third kappa shape index (κ3) is 5.23. The van der Waals surface area contributed by atoms with Crippen LogP contribution in [0.25, 0.3) is 0 Å². The highest BCUT2D eigenvalue weighted by atomic mass is 16.5. The Morgan fingerprint density at radius 3 is 2.92 bits per heavy atom. The van der Waals surface area contributed by atoms with Crippen LogP contribution in [0, 0.1) is 0 Å². The number of methoxy groups -OCH3 is 1. The fourth-order valence-electron chi connectivity index (χ4n) is 3.07. The van der Waals surface area contributed by atoms with Gasteiger partial charge in [-0.1, -0.05) is 6.07 Å². The van der Waals surface area contributed by atoms with Gasteiger partial charge in [0, 0.05) is 31.9 Å². The van der Waals surface area contributed by atoms with Crippen molar-refractivity contribution >= 4 is 11.8 Å². The molecule has 1 heterocycles. The molecule has 2 rings (SSSR count). The summed E-state index contributed by atoms with van der Waals surface area (Å²) < 4.78 is 10.4. The van der Waals surface area contributed by atoms with E-state index in [9.17, 15) is 9.59 Å². The van der Waals surface area contributed by atoms with Gasteiger partial charge in [0.25, 0.3) is 11.8 Å². The van der Waals surface area contributed by atoms with Gasteiger partial charge < -0.3 is 20.1 Å². The number of carbonyl (C=O) groups excluding carboxylic acids is 2. The molecular formula is C18H26N2O4. The molecule has 2 N–H and O–H groups in total. The van der Waals surface area contributed by atoms with Crippen molar-refractivity contribution in [1.29, 1.82) is 0 Å². The van der Waals surface area contributed by atoms with Gasteiger partial charge in [-0.15, -0.1) is 0 Å². The first-order chi connectivity index (χ1) is 11.6. The molecule has 1 saturated heterocycles. The lowest BCUT2D eigenvalue weighted by molar-refractivity contribution is -0.119. The Morgan fingerprint density at radius 2 is 2.17 bits per heavy atom. The Balaban J connectivity index is 2.04. The van der Waals surface area contributed by atoms with Crippen LogP contribution >= 0.6 is 0 Å². The minimum atomic E-state index is -0.541. The van der Waals surface area contributed by atoms with Crippen molar-refractivity contribution < 1.29 is 19.1 Å². The van der Waals surface area contributed by atoms with Crippen LogP contribution in [0.5, 0.6) is 5.75 Å². The zero-order valence-electron chi connectivity index (χ0n) is 14.2. The van der Waals surface area contributed by atoms with Crippen LogP contribution in [0.3, 0.4) is 0 Å². The normalized spacial score (nSPS) is 17.5. The fraction of sp³-hybridized carbons (Fsp3) is 0.556. The van der Waals surface area contributed by atoms with Crippen molar-refractivity contribution in [3.05, 3.63) is 29.8 Å². The molecule has 132 valence electrons. The van der Waals surface area contributed by atoms with Gasteiger partial charge >= 0.3 is 0 Å². The number of piperidine rings is 1. The highest BCUT2D eigenvalue weighted by Gasteiger charge is 2.27. The molecule has 1 atom stereocenters. The maximum absolute atomic E-state index is 12.9. The second-order valence-electron chi connectivity index (χ2n) is 6.07. The molecule has 1 aliphatic heterocycles. The maximum Gasteiger partial charge on any atom is 0.255 e. The lowest BCUT2D eigenvalue weighted by Gasteiger charge is -2.36. The summed E-state index contributed by atoms with van der Waals surface area (Å²) in [4.78, 5) is 25.7. The standard InChI is InChI=1S/C18H26N2O4/c1-23-11-5-8-15-7-2-3-10-20(15)18(22)14-6-4-9-16(12-14)24-13-17(19)21/h4,6,9,12,15H,2-3,5,7-8,10-11,13H2,1H3,(H2,19,21)/t15-/m1/s1.